The van der Waals surface area contributed by atoms with E-state index in [0.717, 1.165) is 37.8 Å². The zero-order valence-corrected chi connectivity index (χ0v) is 16.8. The van der Waals surface area contributed by atoms with Gasteiger partial charge in [-0.2, -0.15) is 0 Å². The van der Waals surface area contributed by atoms with Crippen molar-refractivity contribution in [3.05, 3.63) is 54.1 Å². The standard InChI is InChI=1S/C22H26N4O4/c23-21(27)17-2-1-3-18(12-17)29-14-15-4-6-16(7-5-15)22(28)26-20(8-11-30-26)19-13-24-9-10-25-19/h1-3,9-10,12-13,15-16,20H,4-8,11,14H2,(H2,23,27)/t15-,16-,20-/m0/s1. The molecule has 1 aromatic carbocycles. The highest BCUT2D eigenvalue weighted by atomic mass is 16.7. The van der Waals surface area contributed by atoms with Crippen molar-refractivity contribution >= 4 is 11.8 Å². The van der Waals surface area contributed by atoms with Crippen molar-refractivity contribution in [2.75, 3.05) is 13.2 Å². The first kappa shape index (κ1) is 20.3. The van der Waals surface area contributed by atoms with E-state index in [1.807, 2.05) is 6.07 Å². The summed E-state index contributed by atoms with van der Waals surface area (Å²) in [6.07, 6.45) is 9.13. The van der Waals surface area contributed by atoms with E-state index >= 15 is 0 Å². The van der Waals surface area contributed by atoms with Gasteiger partial charge in [-0.1, -0.05) is 6.07 Å². The number of rotatable bonds is 6. The van der Waals surface area contributed by atoms with Crippen LogP contribution in [0.25, 0.3) is 0 Å². The fraction of sp³-hybridized carbons (Fsp3) is 0.455. The van der Waals surface area contributed by atoms with Crippen LogP contribution in [0.15, 0.2) is 42.9 Å². The molecule has 8 nitrogen and oxygen atoms in total. The van der Waals surface area contributed by atoms with E-state index in [9.17, 15) is 9.59 Å². The van der Waals surface area contributed by atoms with Gasteiger partial charge in [0.2, 0.25) is 11.8 Å². The van der Waals surface area contributed by atoms with E-state index in [2.05, 4.69) is 9.97 Å². The largest absolute Gasteiger partial charge is 0.493 e. The molecule has 8 heteroatoms. The average Bonchev–Trinajstić information content (AvgIpc) is 3.28. The Kier molecular flexibility index (Phi) is 6.23. The summed E-state index contributed by atoms with van der Waals surface area (Å²) >= 11 is 0. The molecule has 1 aliphatic heterocycles. The predicted octanol–water partition coefficient (Wildman–Crippen LogP) is 2.67. The molecule has 158 valence electrons. The highest BCUT2D eigenvalue weighted by Crippen LogP contribution is 2.35. The van der Waals surface area contributed by atoms with Gasteiger partial charge in [0, 0.05) is 30.3 Å². The van der Waals surface area contributed by atoms with Crippen LogP contribution in [0.2, 0.25) is 0 Å². The number of ether oxygens (including phenoxy) is 1. The number of nitrogens with zero attached hydrogens (tertiary/aromatic N) is 3. The second kappa shape index (κ2) is 9.21. The van der Waals surface area contributed by atoms with Crippen LogP contribution < -0.4 is 10.5 Å². The highest BCUT2D eigenvalue weighted by molar-refractivity contribution is 5.93. The van der Waals surface area contributed by atoms with Gasteiger partial charge >= 0.3 is 0 Å². The molecule has 0 bridgehead atoms. The fourth-order valence-electron chi connectivity index (χ4n) is 4.15. The Labute approximate surface area is 175 Å². The maximum Gasteiger partial charge on any atom is 0.249 e. The molecular weight excluding hydrogens is 384 g/mol. The molecule has 0 spiro atoms. The fourth-order valence-corrected chi connectivity index (χ4v) is 4.15. The van der Waals surface area contributed by atoms with Crippen molar-refractivity contribution in [2.24, 2.45) is 17.6 Å². The molecule has 2 amide bonds. The van der Waals surface area contributed by atoms with Crippen molar-refractivity contribution < 1.29 is 19.2 Å². The lowest BCUT2D eigenvalue weighted by Crippen LogP contribution is -2.37. The van der Waals surface area contributed by atoms with Gasteiger partial charge in [0.1, 0.15) is 11.8 Å². The summed E-state index contributed by atoms with van der Waals surface area (Å²) in [5.74, 6) is 0.542. The average molecular weight is 410 g/mol. The van der Waals surface area contributed by atoms with Crippen LogP contribution in [-0.2, 0) is 9.63 Å². The number of benzene rings is 1. The van der Waals surface area contributed by atoms with Gasteiger partial charge in [-0.25, -0.2) is 5.06 Å². The molecule has 1 saturated heterocycles. The van der Waals surface area contributed by atoms with Crippen molar-refractivity contribution in [1.29, 1.82) is 0 Å². The van der Waals surface area contributed by atoms with Gasteiger partial charge in [-0.15, -0.1) is 0 Å². The van der Waals surface area contributed by atoms with E-state index in [0.29, 0.717) is 30.4 Å². The number of aromatic nitrogens is 2. The van der Waals surface area contributed by atoms with Gasteiger partial charge < -0.3 is 10.5 Å². The topological polar surface area (TPSA) is 108 Å². The lowest BCUT2D eigenvalue weighted by molar-refractivity contribution is -0.183. The Hall–Kier alpha value is -3.00. The van der Waals surface area contributed by atoms with Crippen LogP contribution in [0, 0.1) is 11.8 Å². The van der Waals surface area contributed by atoms with Gasteiger partial charge in [0.05, 0.1) is 25.1 Å². The molecule has 4 rings (SSSR count). The summed E-state index contributed by atoms with van der Waals surface area (Å²) in [6.45, 7) is 1.08. The quantitative estimate of drug-likeness (QED) is 0.784. The van der Waals surface area contributed by atoms with E-state index in [-0.39, 0.29) is 17.9 Å². The highest BCUT2D eigenvalue weighted by Gasteiger charge is 2.38. The van der Waals surface area contributed by atoms with Crippen LogP contribution in [0.1, 0.15) is 54.2 Å². The minimum atomic E-state index is -0.469. The monoisotopic (exact) mass is 410 g/mol. The summed E-state index contributed by atoms with van der Waals surface area (Å²) in [4.78, 5) is 38.4. The number of carbonyl (C=O) groups excluding carboxylic acids is 2. The van der Waals surface area contributed by atoms with Crippen LogP contribution >= 0.6 is 0 Å². The number of carbonyl (C=O) groups is 2. The Morgan fingerprint density at radius 3 is 2.73 bits per heavy atom. The van der Waals surface area contributed by atoms with Crippen molar-refractivity contribution in [3.8, 4) is 5.75 Å². The van der Waals surface area contributed by atoms with Gasteiger partial charge in [-0.05, 0) is 49.8 Å². The summed E-state index contributed by atoms with van der Waals surface area (Å²) in [6, 6.07) is 6.74. The molecule has 30 heavy (non-hydrogen) atoms. The third-order valence-electron chi connectivity index (χ3n) is 5.85. The molecule has 1 aromatic heterocycles. The first-order valence-electron chi connectivity index (χ1n) is 10.4. The third kappa shape index (κ3) is 4.59. The second-order valence-electron chi connectivity index (χ2n) is 7.85. The molecule has 2 aliphatic rings. The van der Waals surface area contributed by atoms with Gasteiger partial charge in [-0.3, -0.25) is 24.4 Å². The van der Waals surface area contributed by atoms with Crippen LogP contribution in [0.5, 0.6) is 5.75 Å². The molecule has 2 heterocycles. The number of hydroxylamine groups is 2. The molecule has 2 fully saturated rings. The molecule has 0 unspecified atom stereocenters. The number of nitrogens with two attached hydrogens (primary N) is 1. The molecular formula is C22H26N4O4. The molecule has 1 atom stereocenters. The normalized spacial score (nSPS) is 23.9. The second-order valence-corrected chi connectivity index (χ2v) is 7.85. The van der Waals surface area contributed by atoms with Gasteiger partial charge in [0.15, 0.2) is 0 Å². The van der Waals surface area contributed by atoms with E-state index in [1.54, 1.807) is 36.8 Å². The van der Waals surface area contributed by atoms with Crippen molar-refractivity contribution in [3.63, 3.8) is 0 Å². The van der Waals surface area contributed by atoms with E-state index < -0.39 is 5.91 Å². The number of hydrogen-bond donors (Lipinski definition) is 1. The zero-order chi connectivity index (χ0) is 20.9. The zero-order valence-electron chi connectivity index (χ0n) is 16.8. The molecule has 1 aliphatic carbocycles. The Bertz CT molecular complexity index is 884. The summed E-state index contributed by atoms with van der Waals surface area (Å²) < 4.78 is 5.86. The Balaban J connectivity index is 1.28. The van der Waals surface area contributed by atoms with Crippen molar-refractivity contribution in [2.45, 2.75) is 38.1 Å². The lowest BCUT2D eigenvalue weighted by atomic mass is 9.81. The molecule has 2 aromatic rings. The van der Waals surface area contributed by atoms with Crippen LogP contribution in [-0.4, -0.2) is 40.1 Å². The SMILES string of the molecule is NC(=O)c1cccc(OC[C@H]2CC[C@H](C(=O)N3OCC[C@H]3c3cnccn3)CC2)c1. The molecule has 0 radical (unpaired) electrons. The lowest BCUT2D eigenvalue weighted by Gasteiger charge is -2.31. The summed E-state index contributed by atoms with van der Waals surface area (Å²) in [5.41, 5.74) is 6.52. The Morgan fingerprint density at radius 2 is 2.00 bits per heavy atom. The van der Waals surface area contributed by atoms with Crippen LogP contribution in [0.4, 0.5) is 0 Å². The number of amides is 2. The van der Waals surface area contributed by atoms with E-state index in [1.165, 1.54) is 5.06 Å². The smallest absolute Gasteiger partial charge is 0.249 e. The maximum absolute atomic E-state index is 13.0. The van der Waals surface area contributed by atoms with E-state index in [4.69, 9.17) is 15.3 Å². The summed E-state index contributed by atoms with van der Waals surface area (Å²) in [7, 11) is 0. The minimum Gasteiger partial charge on any atom is -0.493 e. The first-order chi connectivity index (χ1) is 14.6. The maximum atomic E-state index is 13.0. The van der Waals surface area contributed by atoms with Gasteiger partial charge in [0.25, 0.3) is 0 Å². The first-order valence-corrected chi connectivity index (χ1v) is 10.4. The molecule has 1 saturated carbocycles. The number of primary amides is 1. The minimum absolute atomic E-state index is 0.0386. The molecule has 2 N–H and O–H groups in total. The number of hydrogen-bond acceptors (Lipinski definition) is 6. The van der Waals surface area contributed by atoms with Crippen molar-refractivity contribution in [1.82, 2.24) is 15.0 Å². The summed E-state index contributed by atoms with van der Waals surface area (Å²) in [5, 5.41) is 1.51. The third-order valence-corrected chi connectivity index (χ3v) is 5.85. The predicted molar refractivity (Wildman–Crippen MR) is 108 cm³/mol. The Morgan fingerprint density at radius 1 is 1.17 bits per heavy atom. The van der Waals surface area contributed by atoms with Crippen LogP contribution in [0.3, 0.4) is 0 Å².